The summed E-state index contributed by atoms with van der Waals surface area (Å²) in [5.41, 5.74) is 0.713. The highest BCUT2D eigenvalue weighted by atomic mass is 79.9. The molecule has 0 unspecified atom stereocenters. The number of hydrogen-bond acceptors (Lipinski definition) is 3. The average molecular weight is 258 g/mol. The Balaban J connectivity index is 2.81. The third-order valence-electron chi connectivity index (χ3n) is 1.58. The van der Waals surface area contributed by atoms with Crippen LogP contribution in [-0.2, 0) is 0 Å². The Morgan fingerprint density at radius 3 is 3.00 bits per heavy atom. The second-order valence-corrected chi connectivity index (χ2v) is 4.25. The summed E-state index contributed by atoms with van der Waals surface area (Å²) in [6.07, 6.45) is 1.64. The average Bonchev–Trinajstić information content (AvgIpc) is 2.45. The molecule has 13 heavy (non-hydrogen) atoms. The van der Waals surface area contributed by atoms with Crippen molar-refractivity contribution in [1.82, 2.24) is 4.98 Å². The van der Waals surface area contributed by atoms with Gasteiger partial charge in [-0.15, -0.1) is 11.3 Å². The number of aromatic nitrogens is 1. The largest absolute Gasteiger partial charge is 0.477 e. The zero-order valence-electron chi connectivity index (χ0n) is 6.32. The monoisotopic (exact) mass is 257 g/mol. The first-order valence-electron chi connectivity index (χ1n) is 3.46. The molecule has 0 spiro atoms. The number of rotatable bonds is 1. The van der Waals surface area contributed by atoms with E-state index in [4.69, 9.17) is 5.11 Å². The molecular formula is C8H4BrNO2S. The van der Waals surface area contributed by atoms with Gasteiger partial charge in [-0.1, -0.05) is 0 Å². The van der Waals surface area contributed by atoms with Crippen LogP contribution in [0.1, 0.15) is 9.67 Å². The van der Waals surface area contributed by atoms with E-state index in [0.717, 1.165) is 4.70 Å². The minimum atomic E-state index is -0.921. The molecule has 2 aromatic rings. The zero-order valence-corrected chi connectivity index (χ0v) is 8.72. The van der Waals surface area contributed by atoms with Gasteiger partial charge in [-0.05, 0) is 28.1 Å². The van der Waals surface area contributed by atoms with Crippen molar-refractivity contribution in [2.24, 2.45) is 0 Å². The molecule has 0 fully saturated rings. The van der Waals surface area contributed by atoms with Gasteiger partial charge in [-0.3, -0.25) is 4.98 Å². The third-order valence-corrected chi connectivity index (χ3v) is 3.75. The molecule has 5 heteroatoms. The molecule has 0 aromatic carbocycles. The van der Waals surface area contributed by atoms with Gasteiger partial charge in [0.15, 0.2) is 0 Å². The summed E-state index contributed by atoms with van der Waals surface area (Å²) < 4.78 is 1.45. The minimum Gasteiger partial charge on any atom is -0.477 e. The second kappa shape index (κ2) is 3.08. The maximum absolute atomic E-state index is 10.7. The van der Waals surface area contributed by atoms with E-state index in [1.807, 2.05) is 6.07 Å². The molecule has 0 amide bonds. The molecule has 2 rings (SSSR count). The van der Waals surface area contributed by atoms with Crippen molar-refractivity contribution in [3.63, 3.8) is 0 Å². The van der Waals surface area contributed by atoms with Crippen molar-refractivity contribution in [2.45, 2.75) is 0 Å². The molecule has 2 heterocycles. The van der Waals surface area contributed by atoms with Crippen LogP contribution in [0.15, 0.2) is 22.8 Å². The molecular weight excluding hydrogens is 254 g/mol. The Bertz CT molecular complexity index is 480. The normalized spacial score (nSPS) is 10.5. The van der Waals surface area contributed by atoms with Crippen LogP contribution in [0.25, 0.3) is 10.2 Å². The molecule has 0 aliphatic rings. The lowest BCUT2D eigenvalue weighted by Gasteiger charge is -1.87. The molecule has 66 valence electrons. The number of thiophene rings is 1. The van der Waals surface area contributed by atoms with Crippen molar-refractivity contribution in [2.75, 3.05) is 0 Å². The molecule has 0 radical (unpaired) electrons. The van der Waals surface area contributed by atoms with Crippen LogP contribution >= 0.6 is 27.3 Å². The topological polar surface area (TPSA) is 50.2 Å². The van der Waals surface area contributed by atoms with Gasteiger partial charge in [-0.2, -0.15) is 0 Å². The lowest BCUT2D eigenvalue weighted by molar-refractivity contribution is 0.0701. The maximum Gasteiger partial charge on any atom is 0.347 e. The lowest BCUT2D eigenvalue weighted by atomic mass is 10.4. The first kappa shape index (κ1) is 8.65. The highest BCUT2D eigenvalue weighted by Gasteiger charge is 2.15. The second-order valence-electron chi connectivity index (χ2n) is 2.40. The third kappa shape index (κ3) is 1.34. The highest BCUT2D eigenvalue weighted by Crippen LogP contribution is 2.33. The number of carboxylic acid groups (broad SMARTS) is 1. The zero-order chi connectivity index (χ0) is 9.42. The number of carboxylic acids is 1. The smallest absolute Gasteiger partial charge is 0.347 e. The Morgan fingerprint density at radius 1 is 1.62 bits per heavy atom. The summed E-state index contributed by atoms with van der Waals surface area (Å²) in [7, 11) is 0. The SMILES string of the molecule is O=C(O)c1sc2cccnc2c1Br. The van der Waals surface area contributed by atoms with Crippen LogP contribution in [0.2, 0.25) is 0 Å². The maximum atomic E-state index is 10.7. The first-order valence-corrected chi connectivity index (χ1v) is 5.07. The fraction of sp³-hybridized carbons (Fsp3) is 0. The molecule has 0 atom stereocenters. The van der Waals surface area contributed by atoms with Crippen molar-refractivity contribution in [3.05, 3.63) is 27.7 Å². The number of fused-ring (bicyclic) bond motifs is 1. The number of hydrogen-bond donors (Lipinski definition) is 1. The number of halogens is 1. The Morgan fingerprint density at radius 2 is 2.38 bits per heavy atom. The van der Waals surface area contributed by atoms with E-state index in [0.29, 0.717) is 14.9 Å². The molecule has 1 N–H and O–H groups in total. The summed E-state index contributed by atoms with van der Waals surface area (Å²) in [6, 6.07) is 3.64. The van der Waals surface area contributed by atoms with Gasteiger partial charge in [0, 0.05) is 6.20 Å². The number of nitrogens with zero attached hydrogens (tertiary/aromatic N) is 1. The van der Waals surface area contributed by atoms with Crippen LogP contribution < -0.4 is 0 Å². The quantitative estimate of drug-likeness (QED) is 0.855. The molecule has 3 nitrogen and oxygen atoms in total. The van der Waals surface area contributed by atoms with Gasteiger partial charge in [0.25, 0.3) is 0 Å². The number of pyridine rings is 1. The minimum absolute atomic E-state index is 0.300. The summed E-state index contributed by atoms with van der Waals surface area (Å²) >= 11 is 4.44. The number of carbonyl (C=O) groups is 1. The van der Waals surface area contributed by atoms with Gasteiger partial charge in [0.2, 0.25) is 0 Å². The fourth-order valence-corrected chi connectivity index (χ4v) is 2.79. The summed E-state index contributed by atoms with van der Waals surface area (Å²) in [4.78, 5) is 15.1. The van der Waals surface area contributed by atoms with Gasteiger partial charge in [-0.25, -0.2) is 4.79 Å². The predicted molar refractivity (Wildman–Crippen MR) is 54.3 cm³/mol. The first-order chi connectivity index (χ1) is 6.20. The van der Waals surface area contributed by atoms with Crippen LogP contribution in [-0.4, -0.2) is 16.1 Å². The van der Waals surface area contributed by atoms with Crippen molar-refractivity contribution in [1.29, 1.82) is 0 Å². The molecule has 0 aliphatic heterocycles. The van der Waals surface area contributed by atoms with Crippen LogP contribution in [0.3, 0.4) is 0 Å². The van der Waals surface area contributed by atoms with Crippen LogP contribution in [0, 0.1) is 0 Å². The highest BCUT2D eigenvalue weighted by molar-refractivity contribution is 9.10. The number of aromatic carboxylic acids is 1. The van der Waals surface area contributed by atoms with E-state index in [1.165, 1.54) is 11.3 Å². The Kier molecular flexibility index (Phi) is 2.05. The standard InChI is InChI=1S/C8H4BrNO2S/c9-5-6-4(2-1-3-10-6)13-7(5)8(11)12/h1-3H,(H,11,12). The van der Waals surface area contributed by atoms with E-state index in [-0.39, 0.29) is 0 Å². The molecule has 0 saturated carbocycles. The summed E-state index contributed by atoms with van der Waals surface area (Å²) in [5, 5.41) is 8.82. The van der Waals surface area contributed by atoms with Gasteiger partial charge in [0.1, 0.15) is 4.88 Å². The van der Waals surface area contributed by atoms with Crippen LogP contribution in [0.4, 0.5) is 0 Å². The Hall–Kier alpha value is -0.940. The van der Waals surface area contributed by atoms with E-state index < -0.39 is 5.97 Å². The molecule has 0 bridgehead atoms. The van der Waals surface area contributed by atoms with E-state index in [2.05, 4.69) is 20.9 Å². The fourth-order valence-electron chi connectivity index (χ4n) is 1.04. The van der Waals surface area contributed by atoms with Crippen LogP contribution in [0.5, 0.6) is 0 Å². The Labute approximate surface area is 86.2 Å². The molecule has 0 aliphatic carbocycles. The van der Waals surface area contributed by atoms with E-state index in [1.54, 1.807) is 12.3 Å². The summed E-state index contributed by atoms with van der Waals surface area (Å²) in [6.45, 7) is 0. The summed E-state index contributed by atoms with van der Waals surface area (Å²) in [5.74, 6) is -0.921. The van der Waals surface area contributed by atoms with Gasteiger partial charge < -0.3 is 5.11 Å². The van der Waals surface area contributed by atoms with Crippen molar-refractivity contribution >= 4 is 43.5 Å². The van der Waals surface area contributed by atoms with E-state index in [9.17, 15) is 4.79 Å². The van der Waals surface area contributed by atoms with Gasteiger partial charge in [0.05, 0.1) is 14.7 Å². The lowest BCUT2D eigenvalue weighted by Crippen LogP contribution is -1.91. The molecule has 0 saturated heterocycles. The predicted octanol–water partition coefficient (Wildman–Crippen LogP) is 2.76. The van der Waals surface area contributed by atoms with E-state index >= 15 is 0 Å². The van der Waals surface area contributed by atoms with Gasteiger partial charge >= 0.3 is 5.97 Å². The van der Waals surface area contributed by atoms with Crippen molar-refractivity contribution < 1.29 is 9.90 Å². The van der Waals surface area contributed by atoms with Crippen molar-refractivity contribution in [3.8, 4) is 0 Å². The molecule has 2 aromatic heterocycles.